The highest BCUT2D eigenvalue weighted by Gasteiger charge is 2.13. The first kappa shape index (κ1) is 15.7. The van der Waals surface area contributed by atoms with Crippen LogP contribution in [0.15, 0.2) is 36.4 Å². The molecule has 23 heavy (non-hydrogen) atoms. The van der Waals surface area contributed by atoms with Crippen LogP contribution >= 0.6 is 0 Å². The van der Waals surface area contributed by atoms with Gasteiger partial charge in [0.1, 0.15) is 0 Å². The summed E-state index contributed by atoms with van der Waals surface area (Å²) in [4.78, 5) is 11.8. The maximum absolute atomic E-state index is 11.8. The van der Waals surface area contributed by atoms with Gasteiger partial charge in [0.2, 0.25) is 12.7 Å². The van der Waals surface area contributed by atoms with Crippen molar-refractivity contribution in [3.63, 3.8) is 0 Å². The summed E-state index contributed by atoms with van der Waals surface area (Å²) >= 11 is 0. The van der Waals surface area contributed by atoms with Crippen molar-refractivity contribution in [1.29, 1.82) is 0 Å². The largest absolute Gasteiger partial charge is 0.454 e. The number of nitrogens with one attached hydrogen (secondary N) is 1. The van der Waals surface area contributed by atoms with Gasteiger partial charge in [-0.25, -0.2) is 0 Å². The summed E-state index contributed by atoms with van der Waals surface area (Å²) in [5.41, 5.74) is 1.02. The molecule has 1 amide bonds. The normalized spacial score (nSPS) is 17.9. The van der Waals surface area contributed by atoms with Crippen molar-refractivity contribution in [3.8, 4) is 11.5 Å². The summed E-state index contributed by atoms with van der Waals surface area (Å²) in [6.45, 7) is 1.08. The van der Waals surface area contributed by atoms with E-state index in [-0.39, 0.29) is 12.7 Å². The molecule has 1 aliphatic carbocycles. The number of hydrogen-bond acceptors (Lipinski definition) is 3. The van der Waals surface area contributed by atoms with Gasteiger partial charge in [0.15, 0.2) is 11.5 Å². The van der Waals surface area contributed by atoms with Gasteiger partial charge in [-0.05, 0) is 36.5 Å². The van der Waals surface area contributed by atoms with E-state index in [0.29, 0.717) is 5.92 Å². The molecule has 0 unspecified atom stereocenters. The standard InChI is InChI=1S/C19H23NO3/c21-19(20-13-16-7-2-1-3-8-16)9-5-4-6-15-10-11-17-18(12-15)23-14-22-17/h4-6,9-12,16H,1-3,7-8,13-14H2,(H,20,21)/b6-4+,9-5+. The zero-order valence-electron chi connectivity index (χ0n) is 13.3. The molecule has 1 aromatic carbocycles. The zero-order chi connectivity index (χ0) is 15.9. The predicted octanol–water partition coefficient (Wildman–Crippen LogP) is 3.68. The minimum atomic E-state index is -0.0223. The zero-order valence-corrected chi connectivity index (χ0v) is 13.3. The molecule has 0 spiro atoms. The van der Waals surface area contributed by atoms with Crippen LogP contribution in [0.25, 0.3) is 6.08 Å². The average molecular weight is 313 g/mol. The summed E-state index contributed by atoms with van der Waals surface area (Å²) in [5, 5.41) is 2.99. The first-order chi connectivity index (χ1) is 11.3. The van der Waals surface area contributed by atoms with Gasteiger partial charge >= 0.3 is 0 Å². The average Bonchev–Trinajstić information content (AvgIpc) is 3.05. The molecule has 0 saturated heterocycles. The van der Waals surface area contributed by atoms with Gasteiger partial charge in [-0.2, -0.15) is 0 Å². The molecular weight excluding hydrogens is 290 g/mol. The summed E-state index contributed by atoms with van der Waals surface area (Å²) in [6, 6.07) is 5.78. The van der Waals surface area contributed by atoms with E-state index in [1.807, 2.05) is 30.4 Å². The Hall–Kier alpha value is -2.23. The maximum atomic E-state index is 11.8. The lowest BCUT2D eigenvalue weighted by Crippen LogP contribution is -2.28. The minimum Gasteiger partial charge on any atom is -0.454 e. The van der Waals surface area contributed by atoms with Crippen LogP contribution in [-0.4, -0.2) is 19.2 Å². The van der Waals surface area contributed by atoms with Gasteiger partial charge in [-0.1, -0.05) is 43.6 Å². The van der Waals surface area contributed by atoms with E-state index in [0.717, 1.165) is 23.6 Å². The van der Waals surface area contributed by atoms with Crippen LogP contribution in [0.5, 0.6) is 11.5 Å². The van der Waals surface area contributed by atoms with Crippen LogP contribution in [0.4, 0.5) is 0 Å². The van der Waals surface area contributed by atoms with Crippen molar-refractivity contribution < 1.29 is 14.3 Å². The fraction of sp³-hybridized carbons (Fsp3) is 0.421. The van der Waals surface area contributed by atoms with Crippen molar-refractivity contribution in [2.75, 3.05) is 13.3 Å². The Kier molecular flexibility index (Phi) is 5.35. The molecule has 4 heteroatoms. The molecular formula is C19H23NO3. The van der Waals surface area contributed by atoms with Crippen LogP contribution in [0.2, 0.25) is 0 Å². The molecule has 1 heterocycles. The number of hydrogen-bond donors (Lipinski definition) is 1. The van der Waals surface area contributed by atoms with Crippen LogP contribution in [0, 0.1) is 5.92 Å². The van der Waals surface area contributed by atoms with Gasteiger partial charge in [0, 0.05) is 12.6 Å². The molecule has 1 N–H and O–H groups in total. The van der Waals surface area contributed by atoms with Gasteiger partial charge in [-0.3, -0.25) is 4.79 Å². The fourth-order valence-electron chi connectivity index (χ4n) is 3.02. The van der Waals surface area contributed by atoms with Gasteiger partial charge < -0.3 is 14.8 Å². The molecule has 0 bridgehead atoms. The first-order valence-electron chi connectivity index (χ1n) is 8.33. The molecule has 1 fully saturated rings. The fourth-order valence-corrected chi connectivity index (χ4v) is 3.02. The number of ether oxygens (including phenoxy) is 2. The van der Waals surface area contributed by atoms with Crippen LogP contribution in [-0.2, 0) is 4.79 Å². The summed E-state index contributed by atoms with van der Waals surface area (Å²) in [7, 11) is 0. The lowest BCUT2D eigenvalue weighted by Gasteiger charge is -2.21. The van der Waals surface area contributed by atoms with Crippen molar-refractivity contribution in [3.05, 3.63) is 42.0 Å². The van der Waals surface area contributed by atoms with E-state index < -0.39 is 0 Å². The second kappa shape index (κ2) is 7.86. The van der Waals surface area contributed by atoms with Crippen molar-refractivity contribution in [2.24, 2.45) is 5.92 Å². The third-order valence-corrected chi connectivity index (χ3v) is 4.33. The first-order valence-corrected chi connectivity index (χ1v) is 8.33. The molecule has 1 aliphatic heterocycles. The Balaban J connectivity index is 1.43. The van der Waals surface area contributed by atoms with E-state index in [2.05, 4.69) is 5.32 Å². The second-order valence-corrected chi connectivity index (χ2v) is 6.08. The van der Waals surface area contributed by atoms with Crippen molar-refractivity contribution in [2.45, 2.75) is 32.1 Å². The third kappa shape index (κ3) is 4.62. The highest BCUT2D eigenvalue weighted by atomic mass is 16.7. The van der Waals surface area contributed by atoms with E-state index in [9.17, 15) is 4.79 Å². The van der Waals surface area contributed by atoms with Crippen LogP contribution in [0.3, 0.4) is 0 Å². The molecule has 1 saturated carbocycles. The highest BCUT2D eigenvalue weighted by Crippen LogP contribution is 2.32. The Bertz CT molecular complexity index is 601. The molecule has 1 aromatic rings. The number of carbonyl (C=O) groups excluding carboxylic acids is 1. The minimum absolute atomic E-state index is 0.0223. The van der Waals surface area contributed by atoms with E-state index in [1.165, 1.54) is 32.1 Å². The number of carbonyl (C=O) groups is 1. The number of fused-ring (bicyclic) bond motifs is 1. The van der Waals surface area contributed by atoms with Gasteiger partial charge in [0.25, 0.3) is 0 Å². The lowest BCUT2D eigenvalue weighted by atomic mass is 9.89. The smallest absolute Gasteiger partial charge is 0.243 e. The topological polar surface area (TPSA) is 47.6 Å². The summed E-state index contributed by atoms with van der Waals surface area (Å²) < 4.78 is 10.6. The molecule has 0 aromatic heterocycles. The SMILES string of the molecule is O=C(/C=C/C=C/c1ccc2c(c1)OCO2)NCC1CCCCC1. The number of amides is 1. The number of allylic oxidation sites excluding steroid dienone is 2. The quantitative estimate of drug-likeness (QED) is 0.666. The Morgan fingerprint density at radius 1 is 1.13 bits per heavy atom. The number of benzene rings is 1. The molecule has 2 aliphatic rings. The van der Waals surface area contributed by atoms with E-state index in [1.54, 1.807) is 12.2 Å². The molecule has 4 nitrogen and oxygen atoms in total. The van der Waals surface area contributed by atoms with E-state index in [4.69, 9.17) is 9.47 Å². The predicted molar refractivity (Wildman–Crippen MR) is 90.3 cm³/mol. The Morgan fingerprint density at radius 2 is 1.96 bits per heavy atom. The second-order valence-electron chi connectivity index (χ2n) is 6.08. The lowest BCUT2D eigenvalue weighted by molar-refractivity contribution is -0.116. The van der Waals surface area contributed by atoms with Crippen molar-refractivity contribution in [1.82, 2.24) is 5.32 Å². The van der Waals surface area contributed by atoms with E-state index >= 15 is 0 Å². The monoisotopic (exact) mass is 313 g/mol. The maximum Gasteiger partial charge on any atom is 0.243 e. The van der Waals surface area contributed by atoms with Crippen molar-refractivity contribution >= 4 is 12.0 Å². The molecule has 3 rings (SSSR count). The highest BCUT2D eigenvalue weighted by molar-refractivity contribution is 5.87. The van der Waals surface area contributed by atoms with Crippen LogP contribution < -0.4 is 14.8 Å². The summed E-state index contributed by atoms with van der Waals surface area (Å²) in [6.07, 6.45) is 13.6. The molecule has 0 radical (unpaired) electrons. The Labute approximate surface area is 137 Å². The van der Waals surface area contributed by atoms with Gasteiger partial charge in [-0.15, -0.1) is 0 Å². The molecule has 0 atom stereocenters. The Morgan fingerprint density at radius 3 is 2.83 bits per heavy atom. The van der Waals surface area contributed by atoms with Crippen LogP contribution in [0.1, 0.15) is 37.7 Å². The number of rotatable bonds is 5. The third-order valence-electron chi connectivity index (χ3n) is 4.33. The summed E-state index contributed by atoms with van der Waals surface area (Å²) in [5.74, 6) is 2.18. The molecule has 122 valence electrons. The van der Waals surface area contributed by atoms with Gasteiger partial charge in [0.05, 0.1) is 0 Å².